The molecular weight excluding hydrogens is 324 g/mol. The average molecular weight is 355 g/mol. The van der Waals surface area contributed by atoms with E-state index in [0.29, 0.717) is 19.2 Å². The number of hydrogen-bond acceptors (Lipinski definition) is 3. The second-order valence-corrected chi connectivity index (χ2v) is 6.28. The zero-order valence-electron chi connectivity index (χ0n) is 14.5. The molecular formula is C19H31ClN2O2. The van der Waals surface area contributed by atoms with Crippen molar-refractivity contribution in [3.8, 4) is 0 Å². The third-order valence-corrected chi connectivity index (χ3v) is 4.35. The Kier molecular flexibility index (Phi) is 11.5. The molecule has 1 aliphatic carbocycles. The van der Waals surface area contributed by atoms with Crippen LogP contribution in [0.25, 0.3) is 0 Å². The highest BCUT2D eigenvalue weighted by atomic mass is 35.5. The van der Waals surface area contributed by atoms with Gasteiger partial charge in [-0.1, -0.05) is 56.0 Å². The minimum atomic E-state index is -0.0271. The van der Waals surface area contributed by atoms with Gasteiger partial charge >= 0.3 is 0 Å². The van der Waals surface area contributed by atoms with Crippen LogP contribution in [0.4, 0.5) is 0 Å². The topological polar surface area (TPSA) is 50.4 Å². The molecule has 1 aromatic carbocycles. The normalized spacial score (nSPS) is 15.3. The molecule has 1 amide bonds. The van der Waals surface area contributed by atoms with Crippen LogP contribution in [0.1, 0.15) is 44.1 Å². The lowest BCUT2D eigenvalue weighted by molar-refractivity contribution is -0.125. The fourth-order valence-electron chi connectivity index (χ4n) is 3.01. The Bertz CT molecular complexity index is 434. The number of carbonyl (C=O) groups excluding carboxylic acids is 1. The van der Waals surface area contributed by atoms with E-state index in [9.17, 15) is 4.79 Å². The Morgan fingerprint density at radius 3 is 2.46 bits per heavy atom. The van der Waals surface area contributed by atoms with Gasteiger partial charge in [-0.15, -0.1) is 12.4 Å². The molecule has 0 saturated heterocycles. The van der Waals surface area contributed by atoms with Crippen molar-refractivity contribution in [1.82, 2.24) is 10.6 Å². The van der Waals surface area contributed by atoms with E-state index in [1.165, 1.54) is 44.1 Å². The van der Waals surface area contributed by atoms with Gasteiger partial charge in [0.2, 0.25) is 5.91 Å². The second-order valence-electron chi connectivity index (χ2n) is 6.28. The first-order valence-corrected chi connectivity index (χ1v) is 8.96. The molecule has 2 N–H and O–H groups in total. The highest BCUT2D eigenvalue weighted by molar-refractivity contribution is 5.85. The smallest absolute Gasteiger partial charge is 0.246 e. The molecule has 0 atom stereocenters. The Balaban J connectivity index is 0.00000288. The molecule has 0 spiro atoms. The Labute approximate surface area is 152 Å². The number of carbonyl (C=O) groups is 1. The van der Waals surface area contributed by atoms with Crippen LogP contribution in [0.3, 0.4) is 0 Å². The first-order valence-electron chi connectivity index (χ1n) is 8.96. The van der Waals surface area contributed by atoms with Gasteiger partial charge in [0.25, 0.3) is 0 Å². The third-order valence-electron chi connectivity index (χ3n) is 4.35. The van der Waals surface area contributed by atoms with Crippen molar-refractivity contribution < 1.29 is 9.53 Å². The van der Waals surface area contributed by atoms with Crippen molar-refractivity contribution in [3.63, 3.8) is 0 Å². The molecule has 24 heavy (non-hydrogen) atoms. The van der Waals surface area contributed by atoms with Crippen molar-refractivity contribution in [3.05, 3.63) is 35.9 Å². The standard InChI is InChI=1S/C19H30N2O2.ClH/c22-19(16-23-15-12-17-8-4-3-5-9-17)21-14-13-20-18-10-6-1-2-7-11-18;/h3-5,8-9,18,20H,1-2,6-7,10-16H2,(H,21,22);1H. The van der Waals surface area contributed by atoms with Crippen LogP contribution >= 0.6 is 12.4 Å². The Hall–Kier alpha value is -1.10. The maximum atomic E-state index is 11.7. The van der Waals surface area contributed by atoms with Crippen LogP contribution in [0.2, 0.25) is 0 Å². The van der Waals surface area contributed by atoms with Crippen LogP contribution in [0, 0.1) is 0 Å². The van der Waals surface area contributed by atoms with Crippen molar-refractivity contribution in [2.75, 3.05) is 26.3 Å². The van der Waals surface area contributed by atoms with Gasteiger partial charge in [-0.2, -0.15) is 0 Å². The lowest BCUT2D eigenvalue weighted by Crippen LogP contribution is -2.38. The molecule has 136 valence electrons. The van der Waals surface area contributed by atoms with E-state index in [4.69, 9.17) is 4.74 Å². The molecule has 1 aliphatic rings. The van der Waals surface area contributed by atoms with Crippen molar-refractivity contribution in [1.29, 1.82) is 0 Å². The zero-order valence-corrected chi connectivity index (χ0v) is 15.3. The van der Waals surface area contributed by atoms with E-state index in [0.717, 1.165) is 13.0 Å². The number of benzene rings is 1. The number of rotatable bonds is 9. The quantitative estimate of drug-likeness (QED) is 0.529. The lowest BCUT2D eigenvalue weighted by Gasteiger charge is -2.16. The maximum absolute atomic E-state index is 11.7. The predicted octanol–water partition coefficient (Wildman–Crippen LogP) is 3.10. The molecule has 1 saturated carbocycles. The first-order chi connectivity index (χ1) is 11.3. The van der Waals surface area contributed by atoms with Gasteiger partial charge in [-0.25, -0.2) is 0 Å². The summed E-state index contributed by atoms with van der Waals surface area (Å²) in [6.07, 6.45) is 8.80. The summed E-state index contributed by atoms with van der Waals surface area (Å²) < 4.78 is 5.43. The van der Waals surface area contributed by atoms with Crippen LogP contribution < -0.4 is 10.6 Å². The summed E-state index contributed by atoms with van der Waals surface area (Å²) >= 11 is 0. The molecule has 0 bridgehead atoms. The highest BCUT2D eigenvalue weighted by Crippen LogP contribution is 2.16. The van der Waals surface area contributed by atoms with Gasteiger partial charge in [0, 0.05) is 19.1 Å². The summed E-state index contributed by atoms with van der Waals surface area (Å²) in [6.45, 7) is 2.26. The molecule has 1 aromatic rings. The number of halogens is 1. The van der Waals surface area contributed by atoms with Gasteiger partial charge in [-0.05, 0) is 24.8 Å². The number of hydrogen-bond donors (Lipinski definition) is 2. The van der Waals surface area contributed by atoms with Gasteiger partial charge in [0.1, 0.15) is 6.61 Å². The number of amides is 1. The van der Waals surface area contributed by atoms with Crippen LogP contribution in [0.5, 0.6) is 0 Å². The van der Waals surface area contributed by atoms with E-state index in [1.807, 2.05) is 18.2 Å². The fourth-order valence-corrected chi connectivity index (χ4v) is 3.01. The summed E-state index contributed by atoms with van der Waals surface area (Å²) in [5, 5.41) is 6.46. The Morgan fingerprint density at radius 2 is 1.75 bits per heavy atom. The molecule has 0 aliphatic heterocycles. The first kappa shape index (κ1) is 20.9. The summed E-state index contributed by atoms with van der Waals surface area (Å²) in [5.74, 6) is -0.0271. The second kappa shape index (κ2) is 13.2. The summed E-state index contributed by atoms with van der Waals surface area (Å²) in [6, 6.07) is 10.8. The van der Waals surface area contributed by atoms with E-state index < -0.39 is 0 Å². The highest BCUT2D eigenvalue weighted by Gasteiger charge is 2.10. The maximum Gasteiger partial charge on any atom is 0.246 e. The Morgan fingerprint density at radius 1 is 1.04 bits per heavy atom. The molecule has 0 radical (unpaired) electrons. The summed E-state index contributed by atoms with van der Waals surface area (Å²) in [4.78, 5) is 11.7. The molecule has 4 nitrogen and oxygen atoms in total. The summed E-state index contributed by atoms with van der Waals surface area (Å²) in [5.41, 5.74) is 1.24. The van der Waals surface area contributed by atoms with Gasteiger partial charge in [0.15, 0.2) is 0 Å². The molecule has 0 aromatic heterocycles. The van der Waals surface area contributed by atoms with E-state index in [-0.39, 0.29) is 24.9 Å². The van der Waals surface area contributed by atoms with Gasteiger partial charge in [0.05, 0.1) is 6.61 Å². The average Bonchev–Trinajstić information content (AvgIpc) is 2.85. The molecule has 5 heteroatoms. The minimum absolute atomic E-state index is 0. The van der Waals surface area contributed by atoms with Gasteiger partial charge in [-0.3, -0.25) is 4.79 Å². The molecule has 1 fully saturated rings. The van der Waals surface area contributed by atoms with E-state index in [2.05, 4.69) is 22.8 Å². The van der Waals surface area contributed by atoms with E-state index >= 15 is 0 Å². The molecule has 0 unspecified atom stereocenters. The predicted molar refractivity (Wildman–Crippen MR) is 101 cm³/mol. The number of ether oxygens (including phenoxy) is 1. The van der Waals surface area contributed by atoms with Crippen molar-refractivity contribution >= 4 is 18.3 Å². The summed E-state index contributed by atoms with van der Waals surface area (Å²) in [7, 11) is 0. The monoisotopic (exact) mass is 354 g/mol. The number of nitrogens with one attached hydrogen (secondary N) is 2. The SMILES string of the molecule is Cl.O=C(COCCc1ccccc1)NCCNC1CCCCCC1. The molecule has 2 rings (SSSR count). The van der Waals surface area contributed by atoms with Gasteiger partial charge < -0.3 is 15.4 Å². The van der Waals surface area contributed by atoms with Crippen LogP contribution in [-0.4, -0.2) is 38.3 Å². The van der Waals surface area contributed by atoms with Crippen molar-refractivity contribution in [2.45, 2.75) is 51.0 Å². The van der Waals surface area contributed by atoms with Crippen LogP contribution in [-0.2, 0) is 16.0 Å². The lowest BCUT2D eigenvalue weighted by atomic mass is 10.1. The zero-order chi connectivity index (χ0) is 16.2. The van der Waals surface area contributed by atoms with Crippen molar-refractivity contribution in [2.24, 2.45) is 0 Å². The fraction of sp³-hybridized carbons (Fsp3) is 0.632. The largest absolute Gasteiger partial charge is 0.371 e. The van der Waals surface area contributed by atoms with Crippen LogP contribution in [0.15, 0.2) is 30.3 Å². The minimum Gasteiger partial charge on any atom is -0.371 e. The van der Waals surface area contributed by atoms with E-state index in [1.54, 1.807) is 0 Å². The third kappa shape index (κ3) is 9.26. The molecule has 0 heterocycles.